The van der Waals surface area contributed by atoms with E-state index in [4.69, 9.17) is 9.84 Å². The fraction of sp³-hybridized carbons (Fsp3) is 0.417. The second-order valence-corrected chi connectivity index (χ2v) is 5.24. The molecule has 1 atom stereocenters. The highest BCUT2D eigenvalue weighted by Crippen LogP contribution is 2.30. The van der Waals surface area contributed by atoms with Crippen LogP contribution in [0.25, 0.3) is 0 Å². The molecule has 0 aromatic heterocycles. The molecule has 0 saturated carbocycles. The quantitative estimate of drug-likeness (QED) is 0.846. The first kappa shape index (κ1) is 12.6. The van der Waals surface area contributed by atoms with Crippen LogP contribution in [0.2, 0.25) is 0 Å². The highest BCUT2D eigenvalue weighted by Gasteiger charge is 2.30. The van der Waals surface area contributed by atoms with Crippen molar-refractivity contribution in [1.82, 2.24) is 0 Å². The zero-order chi connectivity index (χ0) is 12.4. The number of amides is 1. The molecule has 1 unspecified atom stereocenters. The number of rotatable bonds is 3. The number of carbonyl (C=O) groups excluding carboxylic acids is 1. The Hall–Kier alpha value is -0.820. The Morgan fingerprint density at radius 2 is 2.35 bits per heavy atom. The Morgan fingerprint density at radius 1 is 1.59 bits per heavy atom. The number of anilines is 1. The van der Waals surface area contributed by atoms with E-state index in [1.54, 1.807) is 12.0 Å². The summed E-state index contributed by atoms with van der Waals surface area (Å²) in [4.78, 5) is 13.5. The third kappa shape index (κ3) is 2.55. The molecule has 1 fully saturated rings. The molecule has 0 radical (unpaired) electrons. The van der Waals surface area contributed by atoms with Crippen molar-refractivity contribution in [3.8, 4) is 5.75 Å². The van der Waals surface area contributed by atoms with Gasteiger partial charge < -0.3 is 14.7 Å². The highest BCUT2D eigenvalue weighted by molar-refractivity contribution is 14.1. The van der Waals surface area contributed by atoms with Crippen LogP contribution in [0.15, 0.2) is 18.2 Å². The fourth-order valence-corrected chi connectivity index (χ4v) is 2.70. The Kier molecular flexibility index (Phi) is 3.88. The summed E-state index contributed by atoms with van der Waals surface area (Å²) < 4.78 is 6.16. The molecule has 1 heterocycles. The van der Waals surface area contributed by atoms with Gasteiger partial charge in [0, 0.05) is 31.2 Å². The summed E-state index contributed by atoms with van der Waals surface area (Å²) in [6, 6.07) is 5.66. The summed E-state index contributed by atoms with van der Waals surface area (Å²) in [5, 5.41) is 9.08. The summed E-state index contributed by atoms with van der Waals surface area (Å²) in [5.41, 5.74) is 0.871. The van der Waals surface area contributed by atoms with Gasteiger partial charge in [-0.15, -0.1) is 0 Å². The Bertz CT molecular complexity index is 436. The maximum absolute atomic E-state index is 11.8. The molecule has 0 spiro atoms. The van der Waals surface area contributed by atoms with Crippen molar-refractivity contribution in [1.29, 1.82) is 0 Å². The first-order valence-corrected chi connectivity index (χ1v) is 6.48. The molecule has 1 aromatic carbocycles. The first-order valence-electron chi connectivity index (χ1n) is 5.40. The molecule has 0 bridgehead atoms. The van der Waals surface area contributed by atoms with Gasteiger partial charge in [0.15, 0.2) is 0 Å². The van der Waals surface area contributed by atoms with Crippen molar-refractivity contribution in [3.05, 3.63) is 21.8 Å². The third-order valence-corrected chi connectivity index (χ3v) is 3.75. The van der Waals surface area contributed by atoms with Crippen molar-refractivity contribution in [2.45, 2.75) is 6.42 Å². The molecule has 2 rings (SSSR count). The van der Waals surface area contributed by atoms with E-state index < -0.39 is 0 Å². The molecule has 1 aliphatic rings. The SMILES string of the molecule is COc1ccc(N2CC(CO)CC2=O)cc1I. The lowest BCUT2D eigenvalue weighted by atomic mass is 10.1. The summed E-state index contributed by atoms with van der Waals surface area (Å²) in [5.74, 6) is 0.937. The second-order valence-electron chi connectivity index (χ2n) is 4.08. The molecule has 1 amide bonds. The number of nitrogens with zero attached hydrogens (tertiary/aromatic N) is 1. The van der Waals surface area contributed by atoms with Crippen LogP contribution < -0.4 is 9.64 Å². The Labute approximate surface area is 114 Å². The average molecular weight is 347 g/mol. The van der Waals surface area contributed by atoms with Gasteiger partial charge in [-0.3, -0.25) is 4.79 Å². The highest BCUT2D eigenvalue weighted by atomic mass is 127. The Balaban J connectivity index is 2.23. The van der Waals surface area contributed by atoms with Crippen molar-refractivity contribution in [2.75, 3.05) is 25.2 Å². The van der Waals surface area contributed by atoms with Gasteiger partial charge in [0.2, 0.25) is 5.91 Å². The number of ether oxygens (including phenoxy) is 1. The van der Waals surface area contributed by atoms with Gasteiger partial charge in [0.1, 0.15) is 5.75 Å². The zero-order valence-electron chi connectivity index (χ0n) is 9.52. The van der Waals surface area contributed by atoms with Crippen LogP contribution in [0.3, 0.4) is 0 Å². The van der Waals surface area contributed by atoms with Crippen molar-refractivity contribution in [2.24, 2.45) is 5.92 Å². The topological polar surface area (TPSA) is 49.8 Å². The lowest BCUT2D eigenvalue weighted by Gasteiger charge is -2.17. The van der Waals surface area contributed by atoms with Crippen LogP contribution in [-0.4, -0.2) is 31.3 Å². The lowest BCUT2D eigenvalue weighted by Crippen LogP contribution is -2.24. The number of benzene rings is 1. The van der Waals surface area contributed by atoms with Gasteiger partial charge in [-0.25, -0.2) is 0 Å². The molecule has 1 aromatic rings. The third-order valence-electron chi connectivity index (χ3n) is 2.91. The van der Waals surface area contributed by atoms with Crippen molar-refractivity contribution >= 4 is 34.2 Å². The van der Waals surface area contributed by atoms with E-state index >= 15 is 0 Å². The van der Waals surface area contributed by atoms with Crippen LogP contribution in [0.1, 0.15) is 6.42 Å². The number of hydrogen-bond acceptors (Lipinski definition) is 3. The predicted molar refractivity (Wildman–Crippen MR) is 73.3 cm³/mol. The molecule has 0 aliphatic carbocycles. The standard InChI is InChI=1S/C12H14INO3/c1-17-11-3-2-9(5-10(11)13)14-6-8(7-15)4-12(14)16/h2-3,5,8,15H,4,6-7H2,1H3. The molecular formula is C12H14INO3. The number of halogens is 1. The van der Waals surface area contributed by atoms with Gasteiger partial charge in [-0.1, -0.05) is 0 Å². The molecule has 5 heteroatoms. The predicted octanol–water partition coefficient (Wildman–Crippen LogP) is 1.64. The number of hydrogen-bond donors (Lipinski definition) is 1. The maximum Gasteiger partial charge on any atom is 0.227 e. The van der Waals surface area contributed by atoms with E-state index in [1.807, 2.05) is 18.2 Å². The Morgan fingerprint density at radius 3 is 2.88 bits per heavy atom. The summed E-state index contributed by atoms with van der Waals surface area (Å²) >= 11 is 2.18. The molecular weight excluding hydrogens is 333 g/mol. The van der Waals surface area contributed by atoms with E-state index in [0.29, 0.717) is 13.0 Å². The van der Waals surface area contributed by atoms with Gasteiger partial charge >= 0.3 is 0 Å². The number of aliphatic hydroxyl groups excluding tert-OH is 1. The van der Waals surface area contributed by atoms with Crippen molar-refractivity contribution in [3.63, 3.8) is 0 Å². The van der Waals surface area contributed by atoms with E-state index in [9.17, 15) is 4.79 Å². The van der Waals surface area contributed by atoms with Gasteiger partial charge in [-0.05, 0) is 40.8 Å². The monoisotopic (exact) mass is 347 g/mol. The molecule has 4 nitrogen and oxygen atoms in total. The zero-order valence-corrected chi connectivity index (χ0v) is 11.7. The van der Waals surface area contributed by atoms with Crippen molar-refractivity contribution < 1.29 is 14.6 Å². The number of carbonyl (C=O) groups is 1. The normalized spacial score (nSPS) is 19.8. The molecule has 92 valence electrons. The smallest absolute Gasteiger partial charge is 0.227 e. The van der Waals surface area contributed by atoms with Gasteiger partial charge in [0.25, 0.3) is 0 Å². The fourth-order valence-electron chi connectivity index (χ4n) is 1.98. The molecule has 1 N–H and O–H groups in total. The minimum absolute atomic E-state index is 0.0577. The van der Waals surface area contributed by atoms with Crippen LogP contribution in [0, 0.1) is 9.49 Å². The van der Waals surface area contributed by atoms with Crippen LogP contribution in [0.5, 0.6) is 5.75 Å². The summed E-state index contributed by atoms with van der Waals surface area (Å²) in [6.07, 6.45) is 0.430. The van der Waals surface area contributed by atoms with E-state index in [-0.39, 0.29) is 18.4 Å². The minimum Gasteiger partial charge on any atom is -0.496 e. The average Bonchev–Trinajstić information content (AvgIpc) is 2.70. The van der Waals surface area contributed by atoms with E-state index in [1.165, 1.54) is 0 Å². The number of aliphatic hydroxyl groups is 1. The maximum atomic E-state index is 11.8. The second kappa shape index (κ2) is 5.22. The van der Waals surface area contributed by atoms with Crippen LogP contribution >= 0.6 is 22.6 Å². The number of methoxy groups -OCH3 is 1. The van der Waals surface area contributed by atoms with Crippen LogP contribution in [0.4, 0.5) is 5.69 Å². The minimum atomic E-state index is 0.0577. The molecule has 17 heavy (non-hydrogen) atoms. The van der Waals surface area contributed by atoms with Gasteiger partial charge in [0.05, 0.1) is 10.7 Å². The lowest BCUT2D eigenvalue weighted by molar-refractivity contribution is -0.117. The first-order chi connectivity index (χ1) is 8.15. The van der Waals surface area contributed by atoms with Crippen LogP contribution in [-0.2, 0) is 4.79 Å². The summed E-state index contributed by atoms with van der Waals surface area (Å²) in [6.45, 7) is 0.660. The molecule has 1 aliphatic heterocycles. The largest absolute Gasteiger partial charge is 0.496 e. The van der Waals surface area contributed by atoms with E-state index in [0.717, 1.165) is 15.0 Å². The van der Waals surface area contributed by atoms with Gasteiger partial charge in [-0.2, -0.15) is 0 Å². The summed E-state index contributed by atoms with van der Waals surface area (Å²) in [7, 11) is 1.62. The van der Waals surface area contributed by atoms with E-state index in [2.05, 4.69) is 22.6 Å². The molecule has 1 saturated heterocycles.